The Bertz CT molecular complexity index is 1170. The van der Waals surface area contributed by atoms with Gasteiger partial charge < -0.3 is 14.5 Å². The molecule has 0 saturated heterocycles. The van der Waals surface area contributed by atoms with Crippen molar-refractivity contribution in [3.8, 4) is 28.8 Å². The number of nitrogens with zero attached hydrogens (tertiary/aromatic N) is 2. The molecule has 1 aromatic heterocycles. The van der Waals surface area contributed by atoms with E-state index in [1.54, 1.807) is 48.7 Å². The third-order valence-corrected chi connectivity index (χ3v) is 5.29. The lowest BCUT2D eigenvalue weighted by molar-refractivity contribution is 0.0728. The van der Waals surface area contributed by atoms with Crippen molar-refractivity contribution in [2.75, 3.05) is 13.4 Å². The number of halogens is 1. The molecule has 0 fully saturated rings. The highest BCUT2D eigenvalue weighted by Crippen LogP contribution is 2.38. The number of aromatic amines is 1. The summed E-state index contributed by atoms with van der Waals surface area (Å²) in [5.41, 5.74) is 0.522. The van der Waals surface area contributed by atoms with E-state index in [9.17, 15) is 14.9 Å². The Morgan fingerprint density at radius 3 is 2.62 bits per heavy atom. The first-order valence-corrected chi connectivity index (χ1v) is 10.5. The summed E-state index contributed by atoms with van der Waals surface area (Å²) in [6.07, 6.45) is 1.77. The van der Waals surface area contributed by atoms with Gasteiger partial charge in [0.05, 0.1) is 21.9 Å². The highest BCUT2D eigenvalue weighted by molar-refractivity contribution is 14.1. The van der Waals surface area contributed by atoms with Crippen molar-refractivity contribution in [2.45, 2.75) is 5.16 Å². The Balaban J connectivity index is 2.09. The van der Waals surface area contributed by atoms with Crippen LogP contribution in [-0.2, 0) is 0 Å². The number of hydrogen-bond donors (Lipinski definition) is 1. The summed E-state index contributed by atoms with van der Waals surface area (Å²) >= 11 is 3.26. The molecule has 1 N–H and O–H groups in total. The first-order valence-electron chi connectivity index (χ1n) is 8.22. The number of rotatable bonds is 5. The maximum atomic E-state index is 12.4. The molecule has 0 aliphatic carbocycles. The molecule has 0 saturated carbocycles. The van der Waals surface area contributed by atoms with Crippen LogP contribution in [0.3, 0.4) is 0 Å². The summed E-state index contributed by atoms with van der Waals surface area (Å²) < 4.78 is 11.5. The number of esters is 1. The van der Waals surface area contributed by atoms with Gasteiger partial charge in [0.2, 0.25) is 0 Å². The number of nitrogens with one attached hydrogen (secondary N) is 1. The van der Waals surface area contributed by atoms with Gasteiger partial charge in [0.25, 0.3) is 5.56 Å². The summed E-state index contributed by atoms with van der Waals surface area (Å²) in [4.78, 5) is 31.6. The van der Waals surface area contributed by atoms with Gasteiger partial charge in [-0.1, -0.05) is 30.0 Å². The number of H-pyrrole nitrogens is 1. The molecule has 146 valence electrons. The predicted molar refractivity (Wildman–Crippen MR) is 117 cm³/mol. The van der Waals surface area contributed by atoms with Crippen molar-refractivity contribution in [1.29, 1.82) is 5.26 Å². The molecular weight excluding hydrogens is 505 g/mol. The van der Waals surface area contributed by atoms with Crippen molar-refractivity contribution in [1.82, 2.24) is 9.97 Å². The molecule has 2 aromatic carbocycles. The summed E-state index contributed by atoms with van der Waals surface area (Å²) in [5, 5.41) is 9.79. The third-order valence-electron chi connectivity index (χ3n) is 3.91. The van der Waals surface area contributed by atoms with Gasteiger partial charge in [-0.15, -0.1) is 0 Å². The van der Waals surface area contributed by atoms with Crippen LogP contribution in [0.2, 0.25) is 0 Å². The van der Waals surface area contributed by atoms with E-state index in [1.807, 2.05) is 28.7 Å². The molecule has 0 amide bonds. The van der Waals surface area contributed by atoms with Gasteiger partial charge in [0, 0.05) is 5.56 Å². The summed E-state index contributed by atoms with van der Waals surface area (Å²) in [6.45, 7) is 0. The topological polar surface area (TPSA) is 105 Å². The zero-order chi connectivity index (χ0) is 21.0. The van der Waals surface area contributed by atoms with E-state index in [-0.39, 0.29) is 22.8 Å². The van der Waals surface area contributed by atoms with E-state index in [2.05, 4.69) is 9.97 Å². The van der Waals surface area contributed by atoms with Crippen LogP contribution in [0.1, 0.15) is 15.9 Å². The largest absolute Gasteiger partial charge is 0.493 e. The normalized spacial score (nSPS) is 10.3. The minimum atomic E-state index is -0.522. The van der Waals surface area contributed by atoms with Crippen LogP contribution < -0.4 is 15.0 Å². The molecule has 3 rings (SSSR count). The summed E-state index contributed by atoms with van der Waals surface area (Å²) in [5.74, 6) is 0.0122. The average molecular weight is 519 g/mol. The van der Waals surface area contributed by atoms with Crippen LogP contribution in [0.25, 0.3) is 11.3 Å². The molecule has 0 unspecified atom stereocenters. The smallest absolute Gasteiger partial charge is 0.343 e. The molecule has 0 bridgehead atoms. The Morgan fingerprint density at radius 1 is 1.28 bits per heavy atom. The second-order valence-corrected chi connectivity index (χ2v) is 7.61. The predicted octanol–water partition coefficient (Wildman–Crippen LogP) is 3.86. The van der Waals surface area contributed by atoms with Crippen LogP contribution in [0.5, 0.6) is 11.5 Å². The zero-order valence-electron chi connectivity index (χ0n) is 15.4. The van der Waals surface area contributed by atoms with Gasteiger partial charge in [-0.05, 0) is 53.1 Å². The molecule has 7 nitrogen and oxygen atoms in total. The van der Waals surface area contributed by atoms with Crippen LogP contribution >= 0.6 is 34.4 Å². The fourth-order valence-electron chi connectivity index (χ4n) is 2.54. The Labute approximate surface area is 184 Å². The number of methoxy groups -OCH3 is 1. The number of benzene rings is 2. The van der Waals surface area contributed by atoms with E-state index in [0.717, 1.165) is 0 Å². The van der Waals surface area contributed by atoms with Crippen LogP contribution in [0.4, 0.5) is 0 Å². The Morgan fingerprint density at radius 2 is 2.00 bits per heavy atom. The van der Waals surface area contributed by atoms with Gasteiger partial charge in [-0.2, -0.15) is 5.26 Å². The molecule has 9 heteroatoms. The van der Waals surface area contributed by atoms with E-state index < -0.39 is 11.5 Å². The number of nitriles is 1. The fraction of sp³-hybridized carbons (Fsp3) is 0.100. The highest BCUT2D eigenvalue weighted by atomic mass is 127. The summed E-state index contributed by atoms with van der Waals surface area (Å²) in [7, 11) is 1.44. The van der Waals surface area contributed by atoms with E-state index in [0.29, 0.717) is 19.9 Å². The van der Waals surface area contributed by atoms with Crippen LogP contribution in [-0.4, -0.2) is 29.3 Å². The SMILES string of the molecule is COc1cc(-c2nc(SC)[nH]c(=O)c2C#N)cc(I)c1OC(=O)c1ccccc1. The molecule has 0 aliphatic rings. The van der Waals surface area contributed by atoms with Crippen molar-refractivity contribution in [3.05, 3.63) is 67.5 Å². The van der Waals surface area contributed by atoms with Crippen molar-refractivity contribution in [2.24, 2.45) is 0 Å². The average Bonchev–Trinajstić information content (AvgIpc) is 2.74. The fourth-order valence-corrected chi connectivity index (χ4v) is 3.63. The lowest BCUT2D eigenvalue weighted by Gasteiger charge is -2.14. The van der Waals surface area contributed by atoms with Gasteiger partial charge in [-0.3, -0.25) is 4.79 Å². The van der Waals surface area contributed by atoms with Crippen LogP contribution in [0.15, 0.2) is 52.4 Å². The quantitative estimate of drug-likeness (QED) is 0.180. The first-order chi connectivity index (χ1) is 14.0. The monoisotopic (exact) mass is 519 g/mol. The van der Waals surface area contributed by atoms with Crippen molar-refractivity contribution in [3.63, 3.8) is 0 Å². The molecule has 0 aliphatic heterocycles. The highest BCUT2D eigenvalue weighted by Gasteiger charge is 2.20. The maximum Gasteiger partial charge on any atom is 0.343 e. The molecule has 3 aromatic rings. The maximum absolute atomic E-state index is 12.4. The number of hydrogen-bond acceptors (Lipinski definition) is 7. The molecule has 29 heavy (non-hydrogen) atoms. The number of thioether (sulfide) groups is 1. The van der Waals surface area contributed by atoms with Gasteiger partial charge in [0.15, 0.2) is 16.7 Å². The number of aromatic nitrogens is 2. The Kier molecular flexibility index (Phi) is 6.56. The molecule has 0 spiro atoms. The lowest BCUT2D eigenvalue weighted by atomic mass is 10.1. The summed E-state index contributed by atoms with van der Waals surface area (Å²) in [6, 6.07) is 13.8. The van der Waals surface area contributed by atoms with E-state index in [4.69, 9.17) is 9.47 Å². The zero-order valence-corrected chi connectivity index (χ0v) is 18.3. The third kappa shape index (κ3) is 4.44. The second kappa shape index (κ2) is 9.11. The number of ether oxygens (including phenoxy) is 2. The number of carbonyl (C=O) groups excluding carboxylic acids is 1. The Hall–Kier alpha value is -2.84. The molecule has 0 atom stereocenters. The van der Waals surface area contributed by atoms with Gasteiger partial charge in [0.1, 0.15) is 11.6 Å². The van der Waals surface area contributed by atoms with Crippen LogP contribution in [0, 0.1) is 14.9 Å². The van der Waals surface area contributed by atoms with Gasteiger partial charge >= 0.3 is 5.97 Å². The van der Waals surface area contributed by atoms with Crippen molar-refractivity contribution < 1.29 is 14.3 Å². The lowest BCUT2D eigenvalue weighted by Crippen LogP contribution is -2.15. The first kappa shape index (κ1) is 20.9. The van der Waals surface area contributed by atoms with E-state index >= 15 is 0 Å². The molecule has 1 heterocycles. The molecular formula is C20H14IN3O4S. The second-order valence-electron chi connectivity index (χ2n) is 5.66. The minimum absolute atomic E-state index is 0.102. The van der Waals surface area contributed by atoms with Gasteiger partial charge in [-0.25, -0.2) is 9.78 Å². The number of carbonyl (C=O) groups is 1. The van der Waals surface area contributed by atoms with Crippen molar-refractivity contribution >= 4 is 40.3 Å². The van der Waals surface area contributed by atoms with E-state index in [1.165, 1.54) is 18.9 Å². The molecule has 0 radical (unpaired) electrons. The minimum Gasteiger partial charge on any atom is -0.493 e. The standard InChI is InChI=1S/C20H14IN3O4S/c1-27-15-9-12(16-13(10-22)18(25)24-20(23-16)29-2)8-14(21)17(15)28-19(26)11-6-4-3-5-7-11/h3-9H,1-2H3,(H,23,24,25).